The van der Waals surface area contributed by atoms with Crippen LogP contribution in [0.5, 0.6) is 0 Å². The van der Waals surface area contributed by atoms with Crippen molar-refractivity contribution in [2.45, 2.75) is 13.8 Å². The quantitative estimate of drug-likeness (QED) is 0.544. The molecule has 7 nitrogen and oxygen atoms in total. The molecule has 0 aliphatic carbocycles. The second-order valence-corrected chi connectivity index (χ2v) is 3.28. The molecule has 0 spiro atoms. The van der Waals surface area contributed by atoms with Crippen molar-refractivity contribution >= 4 is 29.2 Å². The number of aromatic nitrogens is 2. The molecule has 2 N–H and O–H groups in total. The zero-order valence-electron chi connectivity index (χ0n) is 8.56. The first kappa shape index (κ1) is 12.2. The number of carbonyl (C=O) groups is 2. The predicted octanol–water partition coefficient (Wildman–Crippen LogP) is 0.179. The number of amides is 2. The Hall–Kier alpha value is -1.89. The number of halogens is 1. The van der Waals surface area contributed by atoms with E-state index in [1.807, 2.05) is 0 Å². The van der Waals surface area contributed by atoms with Crippen LogP contribution in [0.1, 0.15) is 13.8 Å². The van der Waals surface area contributed by atoms with Crippen LogP contribution in [0.25, 0.3) is 0 Å². The molecule has 0 aromatic carbocycles. The summed E-state index contributed by atoms with van der Waals surface area (Å²) in [4.78, 5) is 28.6. The maximum absolute atomic E-state index is 10.8. The lowest BCUT2D eigenvalue weighted by Gasteiger charge is -2.07. The molecule has 1 aromatic rings. The molecule has 0 unspecified atom stereocenters. The summed E-state index contributed by atoms with van der Waals surface area (Å²) in [6.07, 6.45) is 0. The molecule has 16 heavy (non-hydrogen) atoms. The van der Waals surface area contributed by atoms with Crippen LogP contribution in [0.15, 0.2) is 11.1 Å². The van der Waals surface area contributed by atoms with E-state index in [4.69, 9.17) is 11.6 Å². The molecule has 1 aromatic heterocycles. The standard InChI is InChI=1S/C8H9ClN4O3/c1-4(14)10-7-3-6(9)12-8(13(7)16)11-5(2)15/h3,16H,1-2H3,(H,10,14). The highest BCUT2D eigenvalue weighted by Gasteiger charge is 2.06. The Balaban J connectivity index is 3.37. The summed E-state index contributed by atoms with van der Waals surface area (Å²) in [5.41, 5.74) is -0.302. The molecular formula is C8H9ClN4O3. The van der Waals surface area contributed by atoms with Gasteiger partial charge in [0, 0.05) is 19.9 Å². The second kappa shape index (κ2) is 4.75. The average Bonchev–Trinajstić information content (AvgIpc) is 2.11. The van der Waals surface area contributed by atoms with Crippen molar-refractivity contribution in [1.82, 2.24) is 9.71 Å². The van der Waals surface area contributed by atoms with Crippen molar-refractivity contribution in [3.05, 3.63) is 16.8 Å². The first-order chi connectivity index (χ1) is 7.40. The number of hydrogen-bond acceptors (Lipinski definition) is 4. The fourth-order valence-corrected chi connectivity index (χ4v) is 1.12. The normalized spacial score (nSPS) is 11.3. The number of nitrogens with zero attached hydrogens (tertiary/aromatic N) is 3. The number of hydrogen-bond donors (Lipinski definition) is 2. The third-order valence-corrected chi connectivity index (χ3v) is 1.64. The van der Waals surface area contributed by atoms with Gasteiger partial charge in [0.05, 0.1) is 0 Å². The first-order valence-corrected chi connectivity index (χ1v) is 4.59. The predicted molar refractivity (Wildman–Crippen MR) is 55.0 cm³/mol. The zero-order valence-corrected chi connectivity index (χ0v) is 9.32. The Labute approximate surface area is 95.4 Å². The van der Waals surface area contributed by atoms with Gasteiger partial charge in [-0.05, 0) is 0 Å². The Morgan fingerprint density at radius 2 is 2.19 bits per heavy atom. The summed E-state index contributed by atoms with van der Waals surface area (Å²) in [5, 5.41) is 11.8. The summed E-state index contributed by atoms with van der Waals surface area (Å²) >= 11 is 5.63. The minimum absolute atomic E-state index is 0.00551. The van der Waals surface area contributed by atoms with Gasteiger partial charge in [0.25, 0.3) is 5.62 Å². The summed E-state index contributed by atoms with van der Waals surface area (Å²) in [6.45, 7) is 2.46. The molecule has 0 saturated heterocycles. The highest BCUT2D eigenvalue weighted by molar-refractivity contribution is 6.29. The zero-order chi connectivity index (χ0) is 12.3. The van der Waals surface area contributed by atoms with E-state index in [9.17, 15) is 14.8 Å². The maximum Gasteiger partial charge on any atom is 0.269 e. The third-order valence-electron chi connectivity index (χ3n) is 1.44. The van der Waals surface area contributed by atoms with E-state index >= 15 is 0 Å². The van der Waals surface area contributed by atoms with E-state index < -0.39 is 11.8 Å². The topological polar surface area (TPSA) is 96.6 Å². The van der Waals surface area contributed by atoms with Gasteiger partial charge in [-0.1, -0.05) is 11.6 Å². The second-order valence-electron chi connectivity index (χ2n) is 2.89. The monoisotopic (exact) mass is 244 g/mol. The van der Waals surface area contributed by atoms with Gasteiger partial charge in [-0.25, -0.2) is 0 Å². The van der Waals surface area contributed by atoms with Gasteiger partial charge in [0.1, 0.15) is 5.15 Å². The highest BCUT2D eigenvalue weighted by atomic mass is 35.5. The van der Waals surface area contributed by atoms with Gasteiger partial charge in [-0.3, -0.25) is 9.59 Å². The smallest absolute Gasteiger partial charge is 0.269 e. The molecule has 0 saturated carbocycles. The third kappa shape index (κ3) is 3.06. The number of rotatable bonds is 1. The summed E-state index contributed by atoms with van der Waals surface area (Å²) in [7, 11) is 0. The van der Waals surface area contributed by atoms with E-state index in [1.165, 1.54) is 19.9 Å². The maximum atomic E-state index is 10.8. The molecule has 2 amide bonds. The average molecular weight is 245 g/mol. The Bertz CT molecular complexity index is 508. The SMILES string of the molecule is CC(=O)N=c1nc(Cl)cc(NC(C)=O)n1O. The summed E-state index contributed by atoms with van der Waals surface area (Å²) < 4.78 is 0.467. The largest absolute Gasteiger partial charge is 0.423 e. The van der Waals surface area contributed by atoms with Gasteiger partial charge >= 0.3 is 0 Å². The molecule has 0 fully saturated rings. The van der Waals surface area contributed by atoms with Crippen molar-refractivity contribution in [2.75, 3.05) is 5.32 Å². The molecule has 0 aliphatic heterocycles. The Morgan fingerprint density at radius 1 is 1.56 bits per heavy atom. The number of nitrogens with one attached hydrogen (secondary N) is 1. The molecule has 0 atom stereocenters. The van der Waals surface area contributed by atoms with Crippen LogP contribution in [0.3, 0.4) is 0 Å². The van der Waals surface area contributed by atoms with E-state index in [1.54, 1.807) is 0 Å². The Kier molecular flexibility index (Phi) is 3.62. The van der Waals surface area contributed by atoms with E-state index in [0.29, 0.717) is 4.73 Å². The highest BCUT2D eigenvalue weighted by Crippen LogP contribution is 2.08. The van der Waals surface area contributed by atoms with Crippen LogP contribution in [-0.4, -0.2) is 26.7 Å². The number of anilines is 1. The minimum Gasteiger partial charge on any atom is -0.423 e. The Morgan fingerprint density at radius 3 is 2.69 bits per heavy atom. The van der Waals surface area contributed by atoms with Crippen LogP contribution < -0.4 is 10.9 Å². The molecule has 0 radical (unpaired) electrons. The molecule has 0 aliphatic rings. The van der Waals surface area contributed by atoms with Crippen LogP contribution in [0, 0.1) is 0 Å². The molecule has 0 bridgehead atoms. The lowest BCUT2D eigenvalue weighted by atomic mass is 10.5. The first-order valence-electron chi connectivity index (χ1n) is 4.22. The molecular weight excluding hydrogens is 236 g/mol. The number of carbonyl (C=O) groups excluding carboxylic acids is 2. The van der Waals surface area contributed by atoms with E-state index in [-0.39, 0.29) is 16.6 Å². The fourth-order valence-electron chi connectivity index (χ4n) is 0.939. The van der Waals surface area contributed by atoms with Crippen molar-refractivity contribution in [3.63, 3.8) is 0 Å². The van der Waals surface area contributed by atoms with E-state index in [2.05, 4.69) is 15.3 Å². The van der Waals surface area contributed by atoms with Crippen LogP contribution in [0.2, 0.25) is 5.15 Å². The summed E-state index contributed by atoms with van der Waals surface area (Å²) in [6, 6.07) is 1.22. The summed E-state index contributed by atoms with van der Waals surface area (Å²) in [5.74, 6) is -0.974. The van der Waals surface area contributed by atoms with Crippen molar-refractivity contribution in [2.24, 2.45) is 4.99 Å². The van der Waals surface area contributed by atoms with Crippen LogP contribution in [0.4, 0.5) is 5.82 Å². The van der Waals surface area contributed by atoms with Gasteiger partial charge in [-0.2, -0.15) is 9.98 Å². The van der Waals surface area contributed by atoms with Crippen LogP contribution >= 0.6 is 11.6 Å². The van der Waals surface area contributed by atoms with Gasteiger partial charge < -0.3 is 10.5 Å². The van der Waals surface area contributed by atoms with Crippen molar-refractivity contribution in [3.8, 4) is 0 Å². The van der Waals surface area contributed by atoms with Crippen LogP contribution in [-0.2, 0) is 9.59 Å². The lowest BCUT2D eigenvalue weighted by molar-refractivity contribution is -0.116. The van der Waals surface area contributed by atoms with Gasteiger partial charge in [-0.15, -0.1) is 4.73 Å². The van der Waals surface area contributed by atoms with E-state index in [0.717, 1.165) is 0 Å². The molecule has 86 valence electrons. The minimum atomic E-state index is -0.550. The van der Waals surface area contributed by atoms with Crippen molar-refractivity contribution in [1.29, 1.82) is 0 Å². The van der Waals surface area contributed by atoms with Gasteiger partial charge in [0.2, 0.25) is 11.8 Å². The van der Waals surface area contributed by atoms with Gasteiger partial charge in [0.15, 0.2) is 5.82 Å². The van der Waals surface area contributed by atoms with Crippen molar-refractivity contribution < 1.29 is 14.8 Å². The molecule has 1 heterocycles. The molecule has 8 heteroatoms. The lowest BCUT2D eigenvalue weighted by Crippen LogP contribution is -2.27. The molecule has 1 rings (SSSR count). The fraction of sp³-hybridized carbons (Fsp3) is 0.250.